The predicted molar refractivity (Wildman–Crippen MR) is 53.3 cm³/mol. The summed E-state index contributed by atoms with van der Waals surface area (Å²) in [6.07, 6.45) is 4.88. The fourth-order valence-corrected chi connectivity index (χ4v) is 3.46. The number of hydrogen-bond donors (Lipinski definition) is 0. The number of halogens is 2. The molecule has 2 aliphatic carbocycles. The Morgan fingerprint density at radius 2 is 2.00 bits per heavy atom. The van der Waals surface area contributed by atoms with E-state index >= 15 is 0 Å². The van der Waals surface area contributed by atoms with Crippen molar-refractivity contribution in [1.82, 2.24) is 0 Å². The zero-order valence-electron chi connectivity index (χ0n) is 7.24. The summed E-state index contributed by atoms with van der Waals surface area (Å²) < 4.78 is 14.0. The van der Waals surface area contributed by atoms with Crippen molar-refractivity contribution in [1.29, 1.82) is 0 Å². The summed E-state index contributed by atoms with van der Waals surface area (Å²) in [5.41, 5.74) is 3.07. The number of rotatable bonds is 0. The van der Waals surface area contributed by atoms with Crippen LogP contribution in [0.15, 0.2) is 16.6 Å². The molecule has 68 valence electrons. The molecule has 0 bridgehead atoms. The normalized spacial score (nSPS) is 22.0. The Balaban J connectivity index is 2.25. The molecule has 13 heavy (non-hydrogen) atoms. The molecule has 2 heteroatoms. The maximum atomic E-state index is 13.1. The smallest absolute Gasteiger partial charge is 0.124 e. The van der Waals surface area contributed by atoms with Gasteiger partial charge in [0.2, 0.25) is 0 Å². The van der Waals surface area contributed by atoms with Crippen LogP contribution in [-0.2, 0) is 11.8 Å². The quantitative estimate of drug-likeness (QED) is 0.651. The zero-order valence-corrected chi connectivity index (χ0v) is 8.83. The minimum absolute atomic E-state index is 0.108. The van der Waals surface area contributed by atoms with E-state index in [2.05, 4.69) is 15.9 Å². The van der Waals surface area contributed by atoms with Gasteiger partial charge in [-0.3, -0.25) is 0 Å². The summed E-state index contributed by atoms with van der Waals surface area (Å²) in [4.78, 5) is 0. The number of fused-ring (bicyclic) bond motifs is 2. The van der Waals surface area contributed by atoms with Crippen LogP contribution in [0.1, 0.15) is 30.4 Å². The van der Waals surface area contributed by atoms with Crippen molar-refractivity contribution in [3.05, 3.63) is 33.5 Å². The lowest BCUT2D eigenvalue weighted by Crippen LogP contribution is -2.00. The van der Waals surface area contributed by atoms with Crippen LogP contribution in [0.4, 0.5) is 4.39 Å². The Morgan fingerprint density at radius 3 is 2.69 bits per heavy atom. The Hall–Kier alpha value is -0.370. The van der Waals surface area contributed by atoms with Crippen LogP contribution in [0, 0.1) is 5.82 Å². The van der Waals surface area contributed by atoms with Crippen molar-refractivity contribution >= 4 is 15.9 Å². The summed E-state index contributed by atoms with van der Waals surface area (Å²) in [6, 6.07) is 3.30. The fraction of sp³-hybridized carbons (Fsp3) is 0.455. The highest BCUT2D eigenvalue weighted by Gasteiger charge is 2.49. The maximum Gasteiger partial charge on any atom is 0.124 e. The SMILES string of the molecule is Fc1cc(Br)c2c(c1)CCC21CC1. The number of benzene rings is 1. The minimum atomic E-state index is -0.108. The van der Waals surface area contributed by atoms with Gasteiger partial charge in [0, 0.05) is 4.47 Å². The van der Waals surface area contributed by atoms with Crippen molar-refractivity contribution < 1.29 is 4.39 Å². The van der Waals surface area contributed by atoms with Gasteiger partial charge in [-0.2, -0.15) is 0 Å². The third-order valence-corrected chi connectivity index (χ3v) is 4.02. The minimum Gasteiger partial charge on any atom is -0.207 e. The van der Waals surface area contributed by atoms with Gasteiger partial charge >= 0.3 is 0 Å². The summed E-state index contributed by atoms with van der Waals surface area (Å²) in [5, 5.41) is 0. The van der Waals surface area contributed by atoms with Gasteiger partial charge in [0.25, 0.3) is 0 Å². The second-order valence-electron chi connectivity index (χ2n) is 4.20. The standard InChI is InChI=1S/C11H10BrF/c12-9-6-8(13)5-7-1-2-11(3-4-11)10(7)9/h5-6H,1-4H2. The van der Waals surface area contributed by atoms with E-state index in [-0.39, 0.29) is 5.82 Å². The van der Waals surface area contributed by atoms with Gasteiger partial charge in [0.05, 0.1) is 0 Å². The molecule has 0 unspecified atom stereocenters. The fourth-order valence-electron chi connectivity index (χ4n) is 2.57. The first-order chi connectivity index (χ1) is 6.21. The van der Waals surface area contributed by atoms with E-state index in [1.165, 1.54) is 30.4 Å². The van der Waals surface area contributed by atoms with Gasteiger partial charge in [0.15, 0.2) is 0 Å². The first-order valence-electron chi connectivity index (χ1n) is 4.70. The molecule has 1 saturated carbocycles. The monoisotopic (exact) mass is 240 g/mol. The summed E-state index contributed by atoms with van der Waals surface area (Å²) in [7, 11) is 0. The van der Waals surface area contributed by atoms with Crippen LogP contribution in [0.25, 0.3) is 0 Å². The Bertz CT molecular complexity index is 380. The van der Waals surface area contributed by atoms with E-state index in [9.17, 15) is 4.39 Å². The van der Waals surface area contributed by atoms with E-state index in [0.717, 1.165) is 10.9 Å². The Kier molecular flexibility index (Phi) is 1.44. The molecule has 1 aromatic carbocycles. The van der Waals surface area contributed by atoms with E-state index in [1.54, 1.807) is 12.1 Å². The lowest BCUT2D eigenvalue weighted by atomic mass is 9.99. The topological polar surface area (TPSA) is 0 Å². The van der Waals surface area contributed by atoms with Crippen LogP contribution in [0.2, 0.25) is 0 Å². The largest absolute Gasteiger partial charge is 0.207 e. The second kappa shape index (κ2) is 2.35. The second-order valence-corrected chi connectivity index (χ2v) is 5.06. The van der Waals surface area contributed by atoms with E-state index in [1.807, 2.05) is 0 Å². The lowest BCUT2D eigenvalue weighted by molar-refractivity contribution is 0.624. The molecule has 0 amide bonds. The molecule has 0 aromatic heterocycles. The molecule has 0 aliphatic heterocycles. The first-order valence-corrected chi connectivity index (χ1v) is 5.49. The first kappa shape index (κ1) is 7.98. The van der Waals surface area contributed by atoms with Gasteiger partial charge in [-0.15, -0.1) is 0 Å². The van der Waals surface area contributed by atoms with Gasteiger partial charge in [0.1, 0.15) is 5.82 Å². The molecular weight excluding hydrogens is 231 g/mol. The average Bonchev–Trinajstić information content (AvgIpc) is 2.70. The highest BCUT2D eigenvalue weighted by molar-refractivity contribution is 9.10. The molecule has 1 aromatic rings. The van der Waals surface area contributed by atoms with E-state index in [0.29, 0.717) is 5.41 Å². The van der Waals surface area contributed by atoms with Gasteiger partial charge in [-0.1, -0.05) is 15.9 Å². The predicted octanol–water partition coefficient (Wildman–Crippen LogP) is 3.57. The Labute approximate surface area is 85.3 Å². The van der Waals surface area contributed by atoms with Crippen LogP contribution in [-0.4, -0.2) is 0 Å². The molecule has 0 heterocycles. The lowest BCUT2D eigenvalue weighted by Gasteiger charge is -2.10. The molecule has 0 atom stereocenters. The van der Waals surface area contributed by atoms with Crippen molar-refractivity contribution in [3.8, 4) is 0 Å². The van der Waals surface area contributed by atoms with Crippen molar-refractivity contribution in [2.75, 3.05) is 0 Å². The Morgan fingerprint density at radius 1 is 1.23 bits per heavy atom. The highest BCUT2D eigenvalue weighted by Crippen LogP contribution is 2.58. The third-order valence-electron chi connectivity index (χ3n) is 3.39. The van der Waals surface area contributed by atoms with Gasteiger partial charge in [-0.05, 0) is 54.4 Å². The maximum absolute atomic E-state index is 13.1. The molecule has 1 spiro atoms. The van der Waals surface area contributed by atoms with E-state index in [4.69, 9.17) is 0 Å². The zero-order chi connectivity index (χ0) is 9.05. The van der Waals surface area contributed by atoms with E-state index < -0.39 is 0 Å². The third kappa shape index (κ3) is 1.01. The number of aryl methyl sites for hydroxylation is 1. The van der Waals surface area contributed by atoms with Crippen LogP contribution in [0.3, 0.4) is 0 Å². The average molecular weight is 241 g/mol. The van der Waals surface area contributed by atoms with Crippen LogP contribution in [0.5, 0.6) is 0 Å². The molecule has 3 rings (SSSR count). The van der Waals surface area contributed by atoms with Gasteiger partial charge < -0.3 is 0 Å². The van der Waals surface area contributed by atoms with Gasteiger partial charge in [-0.25, -0.2) is 4.39 Å². The molecular formula is C11H10BrF. The van der Waals surface area contributed by atoms with Crippen molar-refractivity contribution in [2.24, 2.45) is 0 Å². The molecule has 2 aliphatic rings. The van der Waals surface area contributed by atoms with Crippen LogP contribution < -0.4 is 0 Å². The molecule has 0 N–H and O–H groups in total. The molecule has 0 saturated heterocycles. The van der Waals surface area contributed by atoms with Crippen LogP contribution >= 0.6 is 15.9 Å². The van der Waals surface area contributed by atoms with Crippen molar-refractivity contribution in [3.63, 3.8) is 0 Å². The van der Waals surface area contributed by atoms with Crippen molar-refractivity contribution in [2.45, 2.75) is 31.1 Å². The molecule has 0 radical (unpaired) electrons. The molecule has 0 nitrogen and oxygen atoms in total. The molecule has 1 fully saturated rings. The highest BCUT2D eigenvalue weighted by atomic mass is 79.9. The summed E-state index contributed by atoms with van der Waals surface area (Å²) in [6.45, 7) is 0. The summed E-state index contributed by atoms with van der Waals surface area (Å²) >= 11 is 3.47. The number of hydrogen-bond acceptors (Lipinski definition) is 0. The summed E-state index contributed by atoms with van der Waals surface area (Å²) in [5.74, 6) is -0.108.